The van der Waals surface area contributed by atoms with Gasteiger partial charge in [0.15, 0.2) is 0 Å². The van der Waals surface area contributed by atoms with Crippen LogP contribution < -0.4 is 10.0 Å². The van der Waals surface area contributed by atoms with E-state index in [1.807, 2.05) is 20.8 Å². The first-order valence-corrected chi connectivity index (χ1v) is 7.14. The van der Waals surface area contributed by atoms with Gasteiger partial charge in [-0.3, -0.25) is 0 Å². The van der Waals surface area contributed by atoms with Crippen molar-refractivity contribution >= 4 is 22.4 Å². The van der Waals surface area contributed by atoms with Gasteiger partial charge in [0.1, 0.15) is 0 Å². The molecule has 0 radical (unpaired) electrons. The minimum Gasteiger partial charge on any atom is -0.313 e. The molecule has 1 aliphatic rings. The maximum atomic E-state index is 11.7. The van der Waals surface area contributed by atoms with E-state index in [9.17, 15) is 8.42 Å². The third-order valence-electron chi connectivity index (χ3n) is 2.34. The molecule has 98 valence electrons. The molecule has 1 atom stereocenters. The highest BCUT2D eigenvalue weighted by atomic mass is 35.5. The Morgan fingerprint density at radius 2 is 2.00 bits per heavy atom. The summed E-state index contributed by atoms with van der Waals surface area (Å²) >= 11 is 0. The summed E-state index contributed by atoms with van der Waals surface area (Å²) in [5, 5.41) is 3.27. The lowest BCUT2D eigenvalue weighted by Crippen LogP contribution is -2.40. The Labute approximate surface area is 105 Å². The first-order valence-electron chi connectivity index (χ1n) is 5.49. The molecular formula is C10H23ClN2O2S. The predicted octanol–water partition coefficient (Wildman–Crippen LogP) is 1.13. The number of hydrogen-bond donors (Lipinski definition) is 2. The molecule has 0 saturated carbocycles. The molecule has 0 aliphatic carbocycles. The zero-order chi connectivity index (χ0) is 11.5. The van der Waals surface area contributed by atoms with E-state index in [4.69, 9.17) is 0 Å². The minimum atomic E-state index is -3.12. The molecular weight excluding hydrogens is 248 g/mol. The first-order chi connectivity index (χ1) is 6.79. The van der Waals surface area contributed by atoms with E-state index in [1.54, 1.807) is 0 Å². The SMILES string of the molecule is CC(C)(C)CS(=O)(=O)NCC1CCCN1.Cl. The van der Waals surface area contributed by atoms with Crippen LogP contribution in [-0.4, -0.2) is 33.3 Å². The molecule has 0 aromatic rings. The van der Waals surface area contributed by atoms with Crippen molar-refractivity contribution in [2.75, 3.05) is 18.8 Å². The largest absolute Gasteiger partial charge is 0.313 e. The van der Waals surface area contributed by atoms with Crippen LogP contribution in [-0.2, 0) is 10.0 Å². The lowest BCUT2D eigenvalue weighted by molar-refractivity contribution is 0.455. The van der Waals surface area contributed by atoms with Gasteiger partial charge in [-0.25, -0.2) is 13.1 Å². The topological polar surface area (TPSA) is 58.2 Å². The Balaban J connectivity index is 0.00000225. The number of hydrogen-bond acceptors (Lipinski definition) is 3. The van der Waals surface area contributed by atoms with Crippen molar-refractivity contribution in [3.05, 3.63) is 0 Å². The Morgan fingerprint density at radius 1 is 1.38 bits per heavy atom. The van der Waals surface area contributed by atoms with Gasteiger partial charge in [0.2, 0.25) is 10.0 Å². The predicted molar refractivity (Wildman–Crippen MR) is 69.5 cm³/mol. The minimum absolute atomic E-state index is 0. The normalized spacial score (nSPS) is 21.8. The quantitative estimate of drug-likeness (QED) is 0.805. The Hall–Kier alpha value is 0.160. The van der Waals surface area contributed by atoms with Crippen LogP contribution in [0.25, 0.3) is 0 Å². The highest BCUT2D eigenvalue weighted by Crippen LogP contribution is 2.15. The molecule has 1 fully saturated rings. The maximum absolute atomic E-state index is 11.7. The maximum Gasteiger partial charge on any atom is 0.212 e. The summed E-state index contributed by atoms with van der Waals surface area (Å²) in [4.78, 5) is 0. The number of sulfonamides is 1. The van der Waals surface area contributed by atoms with E-state index in [-0.39, 0.29) is 23.6 Å². The lowest BCUT2D eigenvalue weighted by atomic mass is 10.0. The van der Waals surface area contributed by atoms with Crippen molar-refractivity contribution in [3.8, 4) is 0 Å². The fourth-order valence-electron chi connectivity index (χ4n) is 1.78. The first kappa shape index (κ1) is 16.2. The van der Waals surface area contributed by atoms with Crippen LogP contribution in [0.5, 0.6) is 0 Å². The molecule has 1 saturated heterocycles. The molecule has 6 heteroatoms. The molecule has 0 amide bonds. The van der Waals surface area contributed by atoms with Crippen LogP contribution in [0.1, 0.15) is 33.6 Å². The van der Waals surface area contributed by atoms with Crippen molar-refractivity contribution in [2.24, 2.45) is 5.41 Å². The third kappa shape index (κ3) is 6.68. The summed E-state index contributed by atoms with van der Waals surface area (Å²) in [6, 6.07) is 0.319. The highest BCUT2D eigenvalue weighted by Gasteiger charge is 2.23. The lowest BCUT2D eigenvalue weighted by Gasteiger charge is -2.19. The highest BCUT2D eigenvalue weighted by molar-refractivity contribution is 7.89. The molecule has 0 aromatic heterocycles. The zero-order valence-corrected chi connectivity index (χ0v) is 11.9. The van der Waals surface area contributed by atoms with Crippen LogP contribution >= 0.6 is 12.4 Å². The Morgan fingerprint density at radius 3 is 2.44 bits per heavy atom. The molecule has 4 nitrogen and oxygen atoms in total. The molecule has 0 spiro atoms. The van der Waals surface area contributed by atoms with Crippen molar-refractivity contribution in [1.29, 1.82) is 0 Å². The molecule has 1 rings (SSSR count). The van der Waals surface area contributed by atoms with E-state index < -0.39 is 10.0 Å². The fraction of sp³-hybridized carbons (Fsp3) is 1.00. The van der Waals surface area contributed by atoms with Gasteiger partial charge in [0, 0.05) is 12.6 Å². The van der Waals surface area contributed by atoms with Gasteiger partial charge in [-0.2, -0.15) is 0 Å². The molecule has 2 N–H and O–H groups in total. The van der Waals surface area contributed by atoms with Gasteiger partial charge in [0.25, 0.3) is 0 Å². The van der Waals surface area contributed by atoms with Crippen LogP contribution in [0.3, 0.4) is 0 Å². The van der Waals surface area contributed by atoms with Gasteiger partial charge in [-0.05, 0) is 24.8 Å². The Bertz CT molecular complexity index is 292. The van der Waals surface area contributed by atoms with E-state index in [1.165, 1.54) is 0 Å². The summed E-state index contributed by atoms with van der Waals surface area (Å²) in [6.45, 7) is 7.32. The van der Waals surface area contributed by atoms with Gasteiger partial charge in [-0.15, -0.1) is 12.4 Å². The monoisotopic (exact) mass is 270 g/mol. The van der Waals surface area contributed by atoms with E-state index >= 15 is 0 Å². The van der Waals surface area contributed by atoms with Crippen molar-refractivity contribution in [1.82, 2.24) is 10.0 Å². The van der Waals surface area contributed by atoms with Crippen molar-refractivity contribution in [2.45, 2.75) is 39.7 Å². The van der Waals surface area contributed by atoms with E-state index in [0.29, 0.717) is 12.6 Å². The number of nitrogens with one attached hydrogen (secondary N) is 2. The smallest absolute Gasteiger partial charge is 0.212 e. The molecule has 0 aromatic carbocycles. The van der Waals surface area contributed by atoms with Crippen LogP contribution in [0.4, 0.5) is 0 Å². The number of halogens is 1. The zero-order valence-electron chi connectivity index (χ0n) is 10.2. The molecule has 1 unspecified atom stereocenters. The van der Waals surface area contributed by atoms with Gasteiger partial charge < -0.3 is 5.32 Å². The van der Waals surface area contributed by atoms with Gasteiger partial charge in [-0.1, -0.05) is 20.8 Å². The summed E-state index contributed by atoms with van der Waals surface area (Å²) in [5.41, 5.74) is -0.186. The van der Waals surface area contributed by atoms with Crippen LogP contribution in [0.15, 0.2) is 0 Å². The summed E-state index contributed by atoms with van der Waals surface area (Å²) < 4.78 is 26.0. The number of rotatable bonds is 4. The van der Waals surface area contributed by atoms with Crippen LogP contribution in [0.2, 0.25) is 0 Å². The molecule has 1 aliphatic heterocycles. The average molecular weight is 271 g/mol. The standard InChI is InChI=1S/C10H22N2O2S.ClH/c1-10(2,3)8-15(13,14)12-7-9-5-4-6-11-9;/h9,11-12H,4-8H2,1-3H3;1H. The second kappa shape index (κ2) is 6.19. The van der Waals surface area contributed by atoms with Crippen molar-refractivity contribution in [3.63, 3.8) is 0 Å². The van der Waals surface area contributed by atoms with Crippen molar-refractivity contribution < 1.29 is 8.42 Å². The third-order valence-corrected chi connectivity index (χ3v) is 4.19. The molecule has 0 bridgehead atoms. The van der Waals surface area contributed by atoms with Gasteiger partial charge in [0.05, 0.1) is 5.75 Å². The van der Waals surface area contributed by atoms with Crippen LogP contribution in [0, 0.1) is 5.41 Å². The molecule has 16 heavy (non-hydrogen) atoms. The second-order valence-electron chi connectivity index (χ2n) is 5.46. The van der Waals surface area contributed by atoms with E-state index in [0.717, 1.165) is 19.4 Å². The van der Waals surface area contributed by atoms with Gasteiger partial charge >= 0.3 is 0 Å². The second-order valence-corrected chi connectivity index (χ2v) is 7.27. The Kier molecular flexibility index (Phi) is 6.25. The fourth-order valence-corrected chi connectivity index (χ4v) is 3.48. The average Bonchev–Trinajstić information content (AvgIpc) is 2.47. The molecule has 1 heterocycles. The van der Waals surface area contributed by atoms with E-state index in [2.05, 4.69) is 10.0 Å². The summed E-state index contributed by atoms with van der Waals surface area (Å²) in [7, 11) is -3.12. The summed E-state index contributed by atoms with van der Waals surface area (Å²) in [6.07, 6.45) is 2.21. The summed E-state index contributed by atoms with van der Waals surface area (Å²) in [5.74, 6) is 0.187.